The lowest BCUT2D eigenvalue weighted by molar-refractivity contribution is -0.136. The molecule has 1 aromatic rings. The van der Waals surface area contributed by atoms with Gasteiger partial charge in [-0.2, -0.15) is 0 Å². The normalized spacial score (nSPS) is 14.8. The first-order chi connectivity index (χ1) is 9.61. The van der Waals surface area contributed by atoms with Gasteiger partial charge < -0.3 is 9.57 Å². The van der Waals surface area contributed by atoms with Gasteiger partial charge in [-0.1, -0.05) is 29.4 Å². The molecule has 2 rings (SSSR count). The Bertz CT molecular complexity index is 526. The number of oxime groups is 1. The Morgan fingerprint density at radius 3 is 2.35 bits per heavy atom. The zero-order chi connectivity index (χ0) is 14.5. The average Bonchev–Trinajstić information content (AvgIpc) is 2.81. The number of hydrogen-bond donors (Lipinski definition) is 0. The van der Waals surface area contributed by atoms with E-state index in [-0.39, 0.29) is 18.4 Å². The Balaban J connectivity index is 2.02. The first-order valence-corrected chi connectivity index (χ1v) is 6.60. The molecule has 0 spiro atoms. The number of esters is 1. The van der Waals surface area contributed by atoms with Crippen LogP contribution in [0, 0.1) is 0 Å². The van der Waals surface area contributed by atoms with Gasteiger partial charge in [0, 0.05) is 19.8 Å². The van der Waals surface area contributed by atoms with Gasteiger partial charge in [-0.25, -0.2) is 4.79 Å². The van der Waals surface area contributed by atoms with Gasteiger partial charge in [0.15, 0.2) is 5.78 Å². The Hall–Kier alpha value is -2.17. The quantitative estimate of drug-likeness (QED) is 0.355. The molecule has 1 aliphatic carbocycles. The number of Topliss-reactive ketones (excluding diaryl/α,β-unsaturated/α-hetero) is 1. The highest BCUT2D eigenvalue weighted by Gasteiger charge is 2.24. The average molecular weight is 275 g/mol. The number of rotatable bonds is 5. The fourth-order valence-electron chi connectivity index (χ4n) is 2.17. The van der Waals surface area contributed by atoms with Crippen molar-refractivity contribution < 1.29 is 19.2 Å². The van der Waals surface area contributed by atoms with Crippen LogP contribution < -0.4 is 0 Å². The third-order valence-electron chi connectivity index (χ3n) is 3.11. The van der Waals surface area contributed by atoms with Crippen LogP contribution in [0.3, 0.4) is 0 Å². The molecule has 0 bridgehead atoms. The van der Waals surface area contributed by atoms with Crippen molar-refractivity contribution in [1.82, 2.24) is 0 Å². The number of ketones is 1. The van der Waals surface area contributed by atoms with Crippen molar-refractivity contribution in [2.24, 2.45) is 5.16 Å². The maximum absolute atomic E-state index is 11.6. The molecular formula is C15H17NO4. The van der Waals surface area contributed by atoms with Crippen LogP contribution in [0.2, 0.25) is 0 Å². The molecule has 0 unspecified atom stereocenters. The molecule has 0 amide bonds. The second-order valence-corrected chi connectivity index (χ2v) is 4.62. The first kappa shape index (κ1) is 14.2. The predicted molar refractivity (Wildman–Crippen MR) is 73.5 cm³/mol. The van der Waals surface area contributed by atoms with Gasteiger partial charge in [0.2, 0.25) is 5.71 Å². The molecule has 0 aromatic heterocycles. The molecular weight excluding hydrogens is 258 g/mol. The molecule has 20 heavy (non-hydrogen) atoms. The number of nitrogens with zero attached hydrogens (tertiary/aromatic N) is 1. The number of ether oxygens (including phenoxy) is 1. The van der Waals surface area contributed by atoms with E-state index >= 15 is 0 Å². The van der Waals surface area contributed by atoms with Crippen LogP contribution in [0.4, 0.5) is 0 Å². The summed E-state index contributed by atoms with van der Waals surface area (Å²) >= 11 is 0. The smallest absolute Gasteiger partial charge is 0.364 e. The lowest BCUT2D eigenvalue weighted by Crippen LogP contribution is -2.25. The maximum Gasteiger partial charge on any atom is 0.364 e. The summed E-state index contributed by atoms with van der Waals surface area (Å²) in [6.07, 6.45) is 1.32. The van der Waals surface area contributed by atoms with Gasteiger partial charge in [-0.05, 0) is 18.1 Å². The van der Waals surface area contributed by atoms with Crippen LogP contribution in [-0.2, 0) is 32.0 Å². The highest BCUT2D eigenvalue weighted by molar-refractivity contribution is 6.63. The Labute approximate surface area is 117 Å². The number of hydrogen-bond acceptors (Lipinski definition) is 5. The van der Waals surface area contributed by atoms with E-state index in [2.05, 4.69) is 5.16 Å². The van der Waals surface area contributed by atoms with Crippen LogP contribution in [0.25, 0.3) is 0 Å². The molecule has 1 aliphatic rings. The minimum absolute atomic E-state index is 0.142. The number of carbonyl (C=O) groups is 2. The Kier molecular flexibility index (Phi) is 4.50. The second-order valence-electron chi connectivity index (χ2n) is 4.62. The topological polar surface area (TPSA) is 65.0 Å². The van der Waals surface area contributed by atoms with E-state index in [1.54, 1.807) is 6.92 Å². The fraction of sp³-hybridized carbons (Fsp3) is 0.400. The van der Waals surface area contributed by atoms with E-state index in [0.717, 1.165) is 12.8 Å². The predicted octanol–water partition coefficient (Wildman–Crippen LogP) is 1.68. The van der Waals surface area contributed by atoms with Gasteiger partial charge in [0.05, 0.1) is 6.61 Å². The second kappa shape index (κ2) is 6.32. The standard InChI is InChI=1S/C15H17NO4/c1-3-19-15(18)14(10(2)17)16-20-13-8-11-6-4-5-7-12(11)9-13/h4-7,13H,3,8-9H2,1-2H3/b16-14+. The molecule has 0 radical (unpaired) electrons. The van der Waals surface area contributed by atoms with E-state index in [9.17, 15) is 9.59 Å². The first-order valence-electron chi connectivity index (χ1n) is 6.60. The van der Waals surface area contributed by atoms with E-state index in [1.807, 2.05) is 24.3 Å². The van der Waals surface area contributed by atoms with E-state index in [0.29, 0.717) is 0 Å². The van der Waals surface area contributed by atoms with Crippen molar-refractivity contribution in [2.45, 2.75) is 32.8 Å². The molecule has 0 saturated heterocycles. The monoisotopic (exact) mass is 275 g/mol. The van der Waals surface area contributed by atoms with Gasteiger partial charge in [-0.3, -0.25) is 4.79 Å². The van der Waals surface area contributed by atoms with Crippen LogP contribution >= 0.6 is 0 Å². The lowest BCUT2D eigenvalue weighted by atomic mass is 10.1. The molecule has 0 atom stereocenters. The molecule has 106 valence electrons. The molecule has 0 N–H and O–H groups in total. The van der Waals surface area contributed by atoms with Crippen molar-refractivity contribution in [3.8, 4) is 0 Å². The molecule has 0 saturated carbocycles. The van der Waals surface area contributed by atoms with Crippen molar-refractivity contribution in [2.75, 3.05) is 6.61 Å². The summed E-state index contributed by atoms with van der Waals surface area (Å²) in [6, 6.07) is 8.04. The largest absolute Gasteiger partial charge is 0.461 e. The van der Waals surface area contributed by atoms with E-state index < -0.39 is 11.8 Å². The molecule has 1 aromatic carbocycles. The van der Waals surface area contributed by atoms with Gasteiger partial charge >= 0.3 is 5.97 Å². The van der Waals surface area contributed by atoms with E-state index in [1.165, 1.54) is 18.1 Å². The van der Waals surface area contributed by atoms with Crippen LogP contribution in [-0.4, -0.2) is 30.2 Å². The van der Waals surface area contributed by atoms with Crippen molar-refractivity contribution in [1.29, 1.82) is 0 Å². The third kappa shape index (κ3) is 3.23. The Morgan fingerprint density at radius 1 is 1.25 bits per heavy atom. The molecule has 5 heteroatoms. The minimum atomic E-state index is -0.740. The summed E-state index contributed by atoms with van der Waals surface area (Å²) in [6.45, 7) is 3.13. The number of benzene rings is 1. The highest BCUT2D eigenvalue weighted by Crippen LogP contribution is 2.23. The maximum atomic E-state index is 11.6. The van der Waals surface area contributed by atoms with Gasteiger partial charge in [0.25, 0.3) is 0 Å². The van der Waals surface area contributed by atoms with Crippen LogP contribution in [0.15, 0.2) is 29.4 Å². The summed E-state index contributed by atoms with van der Waals surface area (Å²) in [7, 11) is 0. The zero-order valence-corrected chi connectivity index (χ0v) is 11.6. The highest BCUT2D eigenvalue weighted by atomic mass is 16.6. The minimum Gasteiger partial charge on any atom is -0.461 e. The SMILES string of the molecule is CCOC(=O)/C(=N/OC1Cc2ccccc2C1)C(C)=O. The van der Waals surface area contributed by atoms with Gasteiger partial charge in [0.1, 0.15) is 6.10 Å². The summed E-state index contributed by atoms with van der Waals surface area (Å²) < 4.78 is 4.77. The van der Waals surface area contributed by atoms with Crippen molar-refractivity contribution in [3.05, 3.63) is 35.4 Å². The fourth-order valence-corrected chi connectivity index (χ4v) is 2.17. The number of carbonyl (C=O) groups excluding carboxylic acids is 2. The molecule has 0 heterocycles. The summed E-state index contributed by atoms with van der Waals surface area (Å²) in [5, 5.41) is 3.70. The third-order valence-corrected chi connectivity index (χ3v) is 3.11. The van der Waals surface area contributed by atoms with Crippen molar-refractivity contribution in [3.63, 3.8) is 0 Å². The summed E-state index contributed by atoms with van der Waals surface area (Å²) in [4.78, 5) is 28.3. The van der Waals surface area contributed by atoms with Crippen molar-refractivity contribution >= 4 is 17.5 Å². The van der Waals surface area contributed by atoms with Crippen LogP contribution in [0.5, 0.6) is 0 Å². The molecule has 0 aliphatic heterocycles. The lowest BCUT2D eigenvalue weighted by Gasteiger charge is -2.08. The number of fused-ring (bicyclic) bond motifs is 1. The van der Waals surface area contributed by atoms with Crippen LogP contribution in [0.1, 0.15) is 25.0 Å². The zero-order valence-electron chi connectivity index (χ0n) is 11.6. The van der Waals surface area contributed by atoms with E-state index in [4.69, 9.17) is 9.57 Å². The summed E-state index contributed by atoms with van der Waals surface area (Å²) in [5.41, 5.74) is 2.14. The molecule has 5 nitrogen and oxygen atoms in total. The molecule has 0 fully saturated rings. The summed E-state index contributed by atoms with van der Waals surface area (Å²) in [5.74, 6) is -1.20. The Morgan fingerprint density at radius 2 is 1.85 bits per heavy atom. The van der Waals surface area contributed by atoms with Gasteiger partial charge in [-0.15, -0.1) is 0 Å².